The summed E-state index contributed by atoms with van der Waals surface area (Å²) in [4.78, 5) is 12.5. The first kappa shape index (κ1) is 14.3. The van der Waals surface area contributed by atoms with Gasteiger partial charge in [-0.05, 0) is 25.1 Å². The number of rotatable bonds is 3. The van der Waals surface area contributed by atoms with E-state index in [0.29, 0.717) is 0 Å². The summed E-state index contributed by atoms with van der Waals surface area (Å²) in [5, 5.41) is 0.982. The van der Waals surface area contributed by atoms with Crippen LogP contribution in [0.1, 0.15) is 17.7 Å². The third-order valence-corrected chi connectivity index (χ3v) is 5.13. The first-order valence-electron chi connectivity index (χ1n) is 7.69. The zero-order valence-electron chi connectivity index (χ0n) is 12.4. The molecule has 0 amide bonds. The van der Waals surface area contributed by atoms with E-state index in [9.17, 15) is 0 Å². The van der Waals surface area contributed by atoms with Crippen molar-refractivity contribution in [1.29, 1.82) is 0 Å². The zero-order chi connectivity index (χ0) is 14.8. The summed E-state index contributed by atoms with van der Waals surface area (Å²) in [6, 6.07) is 5.91. The van der Waals surface area contributed by atoms with Crippen LogP contribution in [-0.2, 0) is 16.0 Å². The van der Waals surface area contributed by atoms with Crippen LogP contribution in [0.3, 0.4) is 0 Å². The van der Waals surface area contributed by atoms with Crippen molar-refractivity contribution in [2.45, 2.75) is 25.2 Å². The molecule has 0 radical (unpaired) electrons. The summed E-state index contributed by atoms with van der Waals surface area (Å²) in [6.07, 6.45) is 5.89. The van der Waals surface area contributed by atoms with Gasteiger partial charge in [-0.1, -0.05) is 6.07 Å². The zero-order valence-corrected chi connectivity index (χ0v) is 13.2. The molecular formula is C16H19N3O2S. The minimum absolute atomic E-state index is 0.354. The lowest BCUT2D eigenvalue weighted by atomic mass is 10.0. The molecule has 5 nitrogen and oxygen atoms in total. The van der Waals surface area contributed by atoms with Gasteiger partial charge in [0.1, 0.15) is 5.01 Å². The second kappa shape index (κ2) is 6.04. The van der Waals surface area contributed by atoms with E-state index < -0.39 is 0 Å². The third-order valence-electron chi connectivity index (χ3n) is 4.13. The van der Waals surface area contributed by atoms with Crippen molar-refractivity contribution < 1.29 is 9.47 Å². The number of hydrogen-bond acceptors (Lipinski definition) is 6. The van der Waals surface area contributed by atoms with Crippen LogP contribution in [0.25, 0.3) is 10.7 Å². The Morgan fingerprint density at radius 2 is 2.14 bits per heavy atom. The molecule has 2 aliphatic heterocycles. The molecule has 6 heteroatoms. The second-order valence-electron chi connectivity index (χ2n) is 5.77. The molecule has 2 aromatic rings. The van der Waals surface area contributed by atoms with Gasteiger partial charge in [-0.3, -0.25) is 9.88 Å². The van der Waals surface area contributed by atoms with Gasteiger partial charge in [-0.25, -0.2) is 4.98 Å². The Morgan fingerprint density at radius 3 is 2.95 bits per heavy atom. The number of likely N-dealkylation sites (tertiary alicyclic amines) is 1. The third kappa shape index (κ3) is 2.92. The van der Waals surface area contributed by atoms with Crippen LogP contribution in [0.15, 0.2) is 30.6 Å². The number of ether oxygens (including phenoxy) is 2. The molecule has 22 heavy (non-hydrogen) atoms. The fraction of sp³-hybridized carbons (Fsp3) is 0.500. The highest BCUT2D eigenvalue weighted by atomic mass is 32.1. The van der Waals surface area contributed by atoms with Crippen molar-refractivity contribution in [3.05, 3.63) is 35.5 Å². The van der Waals surface area contributed by atoms with Crippen LogP contribution in [0.2, 0.25) is 0 Å². The summed E-state index contributed by atoms with van der Waals surface area (Å²) in [5.74, 6) is -0.354. The maximum atomic E-state index is 5.84. The molecule has 0 unspecified atom stereocenters. The molecule has 2 aliphatic rings. The Balaban J connectivity index is 1.44. The highest BCUT2D eigenvalue weighted by molar-refractivity contribution is 7.14. The molecule has 2 fully saturated rings. The summed E-state index contributed by atoms with van der Waals surface area (Å²) in [6.45, 7) is 4.28. The first-order valence-corrected chi connectivity index (χ1v) is 8.51. The van der Waals surface area contributed by atoms with E-state index in [1.807, 2.05) is 24.4 Å². The molecule has 2 aromatic heterocycles. The molecule has 0 N–H and O–H groups in total. The Labute approximate surface area is 133 Å². The number of hydrogen-bond donors (Lipinski definition) is 0. The van der Waals surface area contributed by atoms with Crippen molar-refractivity contribution in [2.24, 2.45) is 0 Å². The summed E-state index contributed by atoms with van der Waals surface area (Å²) in [5.41, 5.74) is 0.941. The van der Waals surface area contributed by atoms with Crippen molar-refractivity contribution in [1.82, 2.24) is 14.9 Å². The number of thiazole rings is 1. The van der Waals surface area contributed by atoms with E-state index in [-0.39, 0.29) is 5.79 Å². The fourth-order valence-electron chi connectivity index (χ4n) is 3.15. The topological polar surface area (TPSA) is 47.5 Å². The monoisotopic (exact) mass is 317 g/mol. The van der Waals surface area contributed by atoms with E-state index >= 15 is 0 Å². The Hall–Kier alpha value is -1.34. The minimum Gasteiger partial charge on any atom is -0.346 e. The Bertz CT molecular complexity index is 625. The van der Waals surface area contributed by atoms with Crippen LogP contribution in [0.4, 0.5) is 0 Å². The molecule has 4 heterocycles. The van der Waals surface area contributed by atoms with Crippen LogP contribution in [0.5, 0.6) is 0 Å². The number of piperidine rings is 1. The van der Waals surface area contributed by atoms with E-state index in [1.54, 1.807) is 17.5 Å². The van der Waals surface area contributed by atoms with Crippen molar-refractivity contribution >= 4 is 11.3 Å². The van der Waals surface area contributed by atoms with Crippen LogP contribution >= 0.6 is 11.3 Å². The predicted molar refractivity (Wildman–Crippen MR) is 84.5 cm³/mol. The van der Waals surface area contributed by atoms with Crippen molar-refractivity contribution in [2.75, 3.05) is 26.3 Å². The standard InChI is InChI=1S/C16H19N3O2S/c1-2-6-17-14(4-1)15-18-10-13(22-15)11-19-7-3-5-16(12-19)20-8-9-21-16/h1-2,4,6,10H,3,5,7-9,11-12H2. The Morgan fingerprint density at radius 1 is 1.23 bits per heavy atom. The average Bonchev–Trinajstić information content (AvgIpc) is 3.19. The van der Waals surface area contributed by atoms with E-state index in [1.165, 1.54) is 4.88 Å². The lowest BCUT2D eigenvalue weighted by molar-refractivity contribution is -0.190. The largest absolute Gasteiger partial charge is 0.346 e. The maximum absolute atomic E-state index is 5.84. The van der Waals surface area contributed by atoms with Crippen LogP contribution < -0.4 is 0 Å². The van der Waals surface area contributed by atoms with Crippen molar-refractivity contribution in [3.8, 4) is 10.7 Å². The van der Waals surface area contributed by atoms with E-state index in [0.717, 1.165) is 56.4 Å². The Kier molecular flexibility index (Phi) is 3.92. The van der Waals surface area contributed by atoms with Crippen LogP contribution in [-0.4, -0.2) is 47.0 Å². The highest BCUT2D eigenvalue weighted by Gasteiger charge is 2.40. The van der Waals surface area contributed by atoms with Gasteiger partial charge in [0.15, 0.2) is 5.79 Å². The summed E-state index contributed by atoms with van der Waals surface area (Å²) in [7, 11) is 0. The van der Waals surface area contributed by atoms with Crippen molar-refractivity contribution in [3.63, 3.8) is 0 Å². The lowest BCUT2D eigenvalue weighted by Gasteiger charge is -2.38. The van der Waals surface area contributed by atoms with Gasteiger partial charge < -0.3 is 9.47 Å². The summed E-state index contributed by atoms with van der Waals surface area (Å²) < 4.78 is 11.7. The molecule has 0 aromatic carbocycles. The quantitative estimate of drug-likeness (QED) is 0.870. The van der Waals surface area contributed by atoms with Gasteiger partial charge >= 0.3 is 0 Å². The summed E-state index contributed by atoms with van der Waals surface area (Å²) >= 11 is 1.71. The highest BCUT2D eigenvalue weighted by Crippen LogP contribution is 2.32. The molecule has 1 spiro atoms. The fourth-order valence-corrected chi connectivity index (χ4v) is 4.08. The average molecular weight is 317 g/mol. The normalized spacial score (nSPS) is 21.5. The molecule has 0 atom stereocenters. The van der Waals surface area contributed by atoms with E-state index in [4.69, 9.17) is 9.47 Å². The smallest absolute Gasteiger partial charge is 0.181 e. The minimum atomic E-state index is -0.354. The van der Waals surface area contributed by atoms with Crippen LogP contribution in [0, 0.1) is 0 Å². The maximum Gasteiger partial charge on any atom is 0.181 e. The van der Waals surface area contributed by atoms with Gasteiger partial charge in [-0.15, -0.1) is 11.3 Å². The second-order valence-corrected chi connectivity index (χ2v) is 6.88. The molecule has 0 aliphatic carbocycles. The first-order chi connectivity index (χ1) is 10.8. The lowest BCUT2D eigenvalue weighted by Crippen LogP contribution is -2.48. The van der Waals surface area contributed by atoms with Gasteiger partial charge in [0, 0.05) is 30.2 Å². The molecule has 0 bridgehead atoms. The molecule has 0 saturated carbocycles. The van der Waals surface area contributed by atoms with Gasteiger partial charge in [0.2, 0.25) is 0 Å². The number of aromatic nitrogens is 2. The SMILES string of the molecule is c1ccc(-c2ncc(CN3CCCC4(C3)OCCO4)s2)nc1. The molecular weight excluding hydrogens is 298 g/mol. The van der Waals surface area contributed by atoms with E-state index in [2.05, 4.69) is 14.9 Å². The molecule has 2 saturated heterocycles. The number of nitrogens with zero attached hydrogens (tertiary/aromatic N) is 3. The molecule has 116 valence electrons. The van der Waals surface area contributed by atoms with Gasteiger partial charge in [0.25, 0.3) is 0 Å². The van der Waals surface area contributed by atoms with Gasteiger partial charge in [0.05, 0.1) is 25.5 Å². The van der Waals surface area contributed by atoms with Gasteiger partial charge in [-0.2, -0.15) is 0 Å². The number of pyridine rings is 1. The predicted octanol–water partition coefficient (Wildman–Crippen LogP) is 2.54. The molecule has 4 rings (SSSR count).